The van der Waals surface area contributed by atoms with Crippen LogP contribution in [0.25, 0.3) is 0 Å². The molecule has 0 aromatic rings. The Bertz CT molecular complexity index is 486. The van der Waals surface area contributed by atoms with E-state index in [1.807, 2.05) is 13.8 Å². The fraction of sp³-hybridized carbons (Fsp3) is 0.895. The zero-order valence-electron chi connectivity index (χ0n) is 15.1. The van der Waals surface area contributed by atoms with Crippen molar-refractivity contribution in [2.45, 2.75) is 71.5 Å². The van der Waals surface area contributed by atoms with Gasteiger partial charge in [-0.25, -0.2) is 0 Å². The lowest BCUT2D eigenvalue weighted by atomic mass is 9.67. The molecule has 5 unspecified atom stereocenters. The van der Waals surface area contributed by atoms with Gasteiger partial charge < -0.3 is 14.2 Å². The van der Waals surface area contributed by atoms with Gasteiger partial charge in [0, 0.05) is 0 Å². The Hall–Kier alpha value is -1.10. The first-order valence-electron chi connectivity index (χ1n) is 9.40. The molecular weight excluding hydrogens is 308 g/mol. The van der Waals surface area contributed by atoms with Crippen LogP contribution >= 0.6 is 0 Å². The molecule has 5 nitrogen and oxygen atoms in total. The Morgan fingerprint density at radius 2 is 2.00 bits per heavy atom. The van der Waals surface area contributed by atoms with Crippen LogP contribution in [0.1, 0.15) is 59.3 Å². The van der Waals surface area contributed by atoms with Crippen molar-refractivity contribution in [3.63, 3.8) is 0 Å². The Morgan fingerprint density at radius 3 is 2.75 bits per heavy atom. The highest BCUT2D eigenvalue weighted by Crippen LogP contribution is 2.48. The number of rotatable bonds is 7. The van der Waals surface area contributed by atoms with Crippen LogP contribution in [-0.4, -0.2) is 37.4 Å². The van der Waals surface area contributed by atoms with Crippen molar-refractivity contribution in [2.24, 2.45) is 23.2 Å². The molecule has 4 rings (SSSR count). The van der Waals surface area contributed by atoms with Crippen molar-refractivity contribution in [1.82, 2.24) is 0 Å². The Balaban J connectivity index is 1.47. The third-order valence-corrected chi connectivity index (χ3v) is 5.89. The fourth-order valence-corrected chi connectivity index (χ4v) is 4.75. The normalized spacial score (nSPS) is 34.8. The van der Waals surface area contributed by atoms with Gasteiger partial charge in [0.15, 0.2) is 0 Å². The van der Waals surface area contributed by atoms with Gasteiger partial charge in [-0.05, 0) is 57.8 Å². The van der Waals surface area contributed by atoms with Crippen molar-refractivity contribution < 1.29 is 23.8 Å². The van der Waals surface area contributed by atoms with Crippen molar-refractivity contribution in [2.75, 3.05) is 13.2 Å². The average molecular weight is 338 g/mol. The topological polar surface area (TPSA) is 61.8 Å². The molecule has 2 aliphatic carbocycles. The third-order valence-electron chi connectivity index (χ3n) is 5.89. The van der Waals surface area contributed by atoms with Gasteiger partial charge in [-0.15, -0.1) is 0 Å². The number of carbonyl (C=O) groups excluding carboxylic acids is 2. The molecule has 4 aliphatic rings. The van der Waals surface area contributed by atoms with E-state index < -0.39 is 5.41 Å². The largest absolute Gasteiger partial charge is 0.463 e. The number of fused-ring (bicyclic) bond motifs is 1. The predicted molar refractivity (Wildman–Crippen MR) is 88.2 cm³/mol. The standard InChI is InChI=1S/C19H30O5/c1-4-5-19(2,3)18(21)23-7-6-22-16-13-8-12-9-14(11-13)17(20)24-15(16)10-12/h12-16H,4-11H2,1-3H3. The molecule has 2 heterocycles. The summed E-state index contributed by atoms with van der Waals surface area (Å²) in [6.07, 6.45) is 5.57. The summed E-state index contributed by atoms with van der Waals surface area (Å²) in [5, 5.41) is 0. The van der Waals surface area contributed by atoms with Gasteiger partial charge in [-0.3, -0.25) is 9.59 Å². The van der Waals surface area contributed by atoms with Crippen LogP contribution in [0.2, 0.25) is 0 Å². The minimum absolute atomic E-state index is 0.0298. The summed E-state index contributed by atoms with van der Waals surface area (Å²) in [5.74, 6) is 0.886. The molecule has 136 valence electrons. The summed E-state index contributed by atoms with van der Waals surface area (Å²) in [7, 11) is 0. The summed E-state index contributed by atoms with van der Waals surface area (Å²) in [4.78, 5) is 24.2. The minimum Gasteiger partial charge on any atom is -0.463 e. The van der Waals surface area contributed by atoms with E-state index in [0.717, 1.165) is 38.5 Å². The van der Waals surface area contributed by atoms with Crippen LogP contribution in [0.3, 0.4) is 0 Å². The summed E-state index contributed by atoms with van der Waals surface area (Å²) in [5.41, 5.74) is -0.440. The average Bonchev–Trinajstić information content (AvgIpc) is 2.68. The van der Waals surface area contributed by atoms with Crippen LogP contribution in [0.5, 0.6) is 0 Å². The van der Waals surface area contributed by atoms with Crippen LogP contribution in [0.15, 0.2) is 0 Å². The van der Waals surface area contributed by atoms with Crippen LogP contribution in [-0.2, 0) is 23.8 Å². The van der Waals surface area contributed by atoms with E-state index in [1.54, 1.807) is 0 Å². The Kier molecular flexibility index (Phi) is 5.19. The first-order valence-corrected chi connectivity index (χ1v) is 9.40. The molecule has 4 bridgehead atoms. The molecule has 0 radical (unpaired) electrons. The first-order chi connectivity index (χ1) is 11.4. The smallest absolute Gasteiger partial charge is 0.311 e. The van der Waals surface area contributed by atoms with Crippen molar-refractivity contribution >= 4 is 11.9 Å². The Morgan fingerprint density at radius 1 is 1.21 bits per heavy atom. The highest BCUT2D eigenvalue weighted by Gasteiger charge is 2.50. The summed E-state index contributed by atoms with van der Waals surface area (Å²) < 4.78 is 17.0. The first kappa shape index (κ1) is 17.7. The molecule has 0 aromatic carbocycles. The van der Waals surface area contributed by atoms with Gasteiger partial charge in [-0.2, -0.15) is 0 Å². The van der Waals surface area contributed by atoms with Gasteiger partial charge in [0.2, 0.25) is 0 Å². The van der Waals surface area contributed by atoms with E-state index in [-0.39, 0.29) is 36.7 Å². The molecule has 0 spiro atoms. The highest BCUT2D eigenvalue weighted by molar-refractivity contribution is 5.75. The van der Waals surface area contributed by atoms with E-state index in [1.165, 1.54) is 0 Å². The van der Waals surface area contributed by atoms with E-state index in [2.05, 4.69) is 6.92 Å². The molecule has 0 amide bonds. The van der Waals surface area contributed by atoms with Crippen molar-refractivity contribution in [1.29, 1.82) is 0 Å². The molecule has 0 N–H and O–H groups in total. The monoisotopic (exact) mass is 338 g/mol. The second-order valence-electron chi connectivity index (χ2n) is 8.35. The lowest BCUT2D eigenvalue weighted by Gasteiger charge is -2.41. The van der Waals surface area contributed by atoms with Gasteiger partial charge in [0.1, 0.15) is 12.7 Å². The molecule has 4 fully saturated rings. The number of carbonyl (C=O) groups is 2. The minimum atomic E-state index is -0.440. The zero-order chi connectivity index (χ0) is 17.3. The van der Waals surface area contributed by atoms with Crippen LogP contribution < -0.4 is 0 Å². The number of ether oxygens (including phenoxy) is 3. The Labute approximate surface area is 144 Å². The van der Waals surface area contributed by atoms with E-state index in [9.17, 15) is 9.59 Å². The van der Waals surface area contributed by atoms with E-state index in [4.69, 9.17) is 14.2 Å². The van der Waals surface area contributed by atoms with Gasteiger partial charge >= 0.3 is 11.9 Å². The maximum absolute atomic E-state index is 12.1. The predicted octanol–water partition coefficient (Wildman–Crippen LogP) is 3.10. The number of hydrogen-bond acceptors (Lipinski definition) is 5. The molecule has 5 atom stereocenters. The maximum atomic E-state index is 12.1. The third kappa shape index (κ3) is 3.61. The quantitative estimate of drug-likeness (QED) is 0.527. The zero-order valence-corrected chi connectivity index (χ0v) is 15.1. The van der Waals surface area contributed by atoms with Crippen molar-refractivity contribution in [3.05, 3.63) is 0 Å². The second-order valence-corrected chi connectivity index (χ2v) is 8.35. The highest BCUT2D eigenvalue weighted by atomic mass is 16.6. The van der Waals surface area contributed by atoms with Gasteiger partial charge in [-0.1, -0.05) is 13.3 Å². The number of hydrogen-bond donors (Lipinski definition) is 0. The summed E-state index contributed by atoms with van der Waals surface area (Å²) >= 11 is 0. The van der Waals surface area contributed by atoms with Gasteiger partial charge in [0.05, 0.1) is 24.0 Å². The molecule has 5 heteroatoms. The van der Waals surface area contributed by atoms with Crippen LogP contribution in [0, 0.1) is 23.2 Å². The lowest BCUT2D eigenvalue weighted by molar-refractivity contribution is -0.164. The maximum Gasteiger partial charge on any atom is 0.311 e. The fourth-order valence-electron chi connectivity index (χ4n) is 4.75. The van der Waals surface area contributed by atoms with E-state index in [0.29, 0.717) is 18.4 Å². The molecule has 2 saturated heterocycles. The summed E-state index contributed by atoms with van der Waals surface area (Å²) in [6.45, 7) is 6.54. The molecular formula is C19H30O5. The van der Waals surface area contributed by atoms with Crippen LogP contribution in [0.4, 0.5) is 0 Å². The molecule has 2 saturated carbocycles. The molecule has 2 aliphatic heterocycles. The second kappa shape index (κ2) is 7.03. The SMILES string of the molecule is CCCC(C)(C)C(=O)OCCOC1C2CC3CC(C2)C(=O)OC1C3. The summed E-state index contributed by atoms with van der Waals surface area (Å²) in [6, 6.07) is 0. The lowest BCUT2D eigenvalue weighted by Crippen LogP contribution is -2.44. The van der Waals surface area contributed by atoms with Gasteiger partial charge in [0.25, 0.3) is 0 Å². The van der Waals surface area contributed by atoms with E-state index >= 15 is 0 Å². The number of esters is 2. The molecule has 0 aromatic heterocycles. The molecule has 24 heavy (non-hydrogen) atoms. The van der Waals surface area contributed by atoms with Crippen molar-refractivity contribution in [3.8, 4) is 0 Å².